The molecule has 2 fully saturated rings. The molecule has 1 saturated carbocycles. The first-order valence-electron chi connectivity index (χ1n) is 13.3. The molecule has 1 saturated heterocycles. The van der Waals surface area contributed by atoms with Crippen molar-refractivity contribution >= 4 is 28.6 Å². The molecule has 0 spiro atoms. The van der Waals surface area contributed by atoms with E-state index in [1.165, 1.54) is 37.7 Å². The van der Waals surface area contributed by atoms with Gasteiger partial charge < -0.3 is 20.1 Å². The third kappa shape index (κ3) is 6.89. The number of nitrogens with one attached hydrogen (secondary N) is 1. The van der Waals surface area contributed by atoms with E-state index in [1.807, 2.05) is 31.4 Å². The molecule has 2 aliphatic rings. The smallest absolute Gasteiger partial charge is 0.308 e. The Balaban J connectivity index is 1.34. The highest BCUT2D eigenvalue weighted by atomic mass is 32.2. The monoisotopic (exact) mass is 499 g/mol. The number of likely N-dealkylation sites (tertiary alicyclic amines) is 1. The summed E-state index contributed by atoms with van der Waals surface area (Å²) in [6, 6.07) is 8.20. The summed E-state index contributed by atoms with van der Waals surface area (Å²) in [4.78, 5) is 19.1. The molecule has 6 nitrogen and oxygen atoms in total. The van der Waals surface area contributed by atoms with Crippen molar-refractivity contribution < 1.29 is 14.6 Å². The van der Waals surface area contributed by atoms with Crippen molar-refractivity contribution in [2.24, 2.45) is 11.8 Å². The number of hydrogen-bond donors (Lipinski definition) is 2. The van der Waals surface area contributed by atoms with Crippen molar-refractivity contribution in [1.82, 2.24) is 15.2 Å². The Bertz CT molecular complexity index is 966. The van der Waals surface area contributed by atoms with E-state index in [4.69, 9.17) is 4.74 Å². The fraction of sp³-hybridized carbons (Fsp3) is 0.643. The van der Waals surface area contributed by atoms with Crippen LogP contribution in [0.4, 0.5) is 0 Å². The summed E-state index contributed by atoms with van der Waals surface area (Å²) < 4.78 is 5.44. The quantitative estimate of drug-likeness (QED) is 0.430. The third-order valence-corrected chi connectivity index (χ3v) is 9.36. The van der Waals surface area contributed by atoms with Crippen LogP contribution >= 0.6 is 11.8 Å². The number of carboxylic acids is 1. The van der Waals surface area contributed by atoms with Gasteiger partial charge in [0.1, 0.15) is 5.75 Å². The van der Waals surface area contributed by atoms with E-state index in [1.54, 1.807) is 7.11 Å². The highest BCUT2D eigenvalue weighted by molar-refractivity contribution is 7.99. The lowest BCUT2D eigenvalue weighted by molar-refractivity contribution is -0.146. The van der Waals surface area contributed by atoms with Crippen molar-refractivity contribution in [3.63, 3.8) is 0 Å². The number of rotatable bonds is 11. The number of hydrogen-bond acceptors (Lipinski definition) is 6. The minimum atomic E-state index is -0.639. The summed E-state index contributed by atoms with van der Waals surface area (Å²) >= 11 is 2.11. The van der Waals surface area contributed by atoms with E-state index in [2.05, 4.69) is 33.0 Å². The van der Waals surface area contributed by atoms with Gasteiger partial charge in [-0.2, -0.15) is 11.8 Å². The fourth-order valence-corrected chi connectivity index (χ4v) is 7.25. The lowest BCUT2D eigenvalue weighted by atomic mass is 9.81. The molecule has 1 aromatic carbocycles. The van der Waals surface area contributed by atoms with Crippen molar-refractivity contribution in [2.75, 3.05) is 39.5 Å². The first-order chi connectivity index (χ1) is 17.1. The summed E-state index contributed by atoms with van der Waals surface area (Å²) in [5.41, 5.74) is 2.15. The van der Waals surface area contributed by atoms with Gasteiger partial charge in [-0.25, -0.2) is 0 Å². The SMILES string of the molecule is CN[C@H](CC[C@@H]1CCN(CCSC2CCCCC2)C[C@@H]1C(=O)O)c1ccnc2ccc(OC)cc12. The number of aliphatic carboxylic acids is 1. The van der Waals surface area contributed by atoms with E-state index >= 15 is 0 Å². The van der Waals surface area contributed by atoms with Gasteiger partial charge in [0.25, 0.3) is 0 Å². The zero-order valence-electron chi connectivity index (χ0n) is 21.2. The van der Waals surface area contributed by atoms with Gasteiger partial charge in [-0.3, -0.25) is 9.78 Å². The molecule has 2 N–H and O–H groups in total. The summed E-state index contributed by atoms with van der Waals surface area (Å²) in [5, 5.41) is 15.4. The minimum Gasteiger partial charge on any atom is -0.497 e. The molecule has 1 aliphatic heterocycles. The molecule has 2 heterocycles. The number of aromatic nitrogens is 1. The zero-order valence-corrected chi connectivity index (χ0v) is 22.1. The maximum atomic E-state index is 12.2. The van der Waals surface area contributed by atoms with Gasteiger partial charge in [-0.05, 0) is 81.4 Å². The maximum absolute atomic E-state index is 12.2. The molecule has 7 heteroatoms. The molecular weight excluding hydrogens is 458 g/mol. The van der Waals surface area contributed by atoms with Gasteiger partial charge in [-0.1, -0.05) is 19.3 Å². The number of piperidine rings is 1. The molecule has 4 rings (SSSR count). The van der Waals surface area contributed by atoms with Crippen LogP contribution < -0.4 is 10.1 Å². The number of thioether (sulfide) groups is 1. The van der Waals surface area contributed by atoms with Crippen LogP contribution in [-0.2, 0) is 4.79 Å². The Morgan fingerprint density at radius 2 is 2.09 bits per heavy atom. The van der Waals surface area contributed by atoms with Crippen LogP contribution in [0, 0.1) is 11.8 Å². The average molecular weight is 500 g/mol. The Kier molecular flexibility index (Phi) is 9.69. The van der Waals surface area contributed by atoms with Crippen LogP contribution in [0.5, 0.6) is 5.75 Å². The number of fused-ring (bicyclic) bond motifs is 1. The Labute approximate surface area is 214 Å². The van der Waals surface area contributed by atoms with Crippen molar-refractivity contribution in [3.8, 4) is 5.75 Å². The van der Waals surface area contributed by atoms with Gasteiger partial charge >= 0.3 is 5.97 Å². The van der Waals surface area contributed by atoms with Crippen LogP contribution in [0.15, 0.2) is 30.5 Å². The molecule has 0 radical (unpaired) electrons. The number of ether oxygens (including phenoxy) is 1. The van der Waals surface area contributed by atoms with Gasteiger partial charge in [0.2, 0.25) is 0 Å². The highest BCUT2D eigenvalue weighted by Gasteiger charge is 2.34. The van der Waals surface area contributed by atoms with Crippen LogP contribution in [0.1, 0.15) is 63.0 Å². The second kappa shape index (κ2) is 12.9. The molecule has 192 valence electrons. The predicted molar refractivity (Wildman–Crippen MR) is 144 cm³/mol. The molecule has 0 amide bonds. The number of nitrogens with zero attached hydrogens (tertiary/aromatic N) is 2. The lowest BCUT2D eigenvalue weighted by Crippen LogP contribution is -2.44. The number of methoxy groups -OCH3 is 1. The van der Waals surface area contributed by atoms with E-state index in [0.29, 0.717) is 6.54 Å². The molecular formula is C28H41N3O3S. The standard InChI is InChI=1S/C28H41N3O3S/c1-29-26(23-12-14-30-27-11-9-21(34-2)18-24(23)27)10-8-20-13-15-31(19-25(20)28(32)33)16-17-35-22-6-4-3-5-7-22/h9,11-12,14,18,20,22,25-26,29H,3-8,10,13,15-17,19H2,1-2H3,(H,32,33)/t20-,25+,26-/m1/s1. The Morgan fingerprint density at radius 3 is 2.83 bits per heavy atom. The van der Waals surface area contributed by atoms with Crippen LogP contribution in [0.3, 0.4) is 0 Å². The summed E-state index contributed by atoms with van der Waals surface area (Å²) in [6.07, 6.45) is 11.5. The Morgan fingerprint density at radius 1 is 1.26 bits per heavy atom. The summed E-state index contributed by atoms with van der Waals surface area (Å²) in [7, 11) is 3.66. The molecule has 1 aromatic heterocycles. The maximum Gasteiger partial charge on any atom is 0.308 e. The van der Waals surface area contributed by atoms with Crippen molar-refractivity contribution in [2.45, 2.75) is 62.7 Å². The zero-order chi connectivity index (χ0) is 24.6. The third-order valence-electron chi connectivity index (χ3n) is 8.00. The van der Waals surface area contributed by atoms with Gasteiger partial charge in [-0.15, -0.1) is 0 Å². The number of benzene rings is 1. The summed E-state index contributed by atoms with van der Waals surface area (Å²) in [6.45, 7) is 2.71. The van der Waals surface area contributed by atoms with E-state index in [0.717, 1.165) is 60.0 Å². The first kappa shape index (κ1) is 26.2. The van der Waals surface area contributed by atoms with Crippen molar-refractivity contribution in [1.29, 1.82) is 0 Å². The lowest BCUT2D eigenvalue weighted by Gasteiger charge is -2.37. The van der Waals surface area contributed by atoms with Gasteiger partial charge in [0, 0.05) is 41.7 Å². The fourth-order valence-electron chi connectivity index (χ4n) is 5.89. The van der Waals surface area contributed by atoms with Gasteiger partial charge in [0.05, 0.1) is 18.5 Å². The largest absolute Gasteiger partial charge is 0.497 e. The number of pyridine rings is 1. The normalized spacial score (nSPS) is 22.8. The second-order valence-corrected chi connectivity index (χ2v) is 11.5. The van der Waals surface area contributed by atoms with Crippen LogP contribution in [-0.4, -0.2) is 65.8 Å². The molecule has 0 bridgehead atoms. The number of carbonyl (C=O) groups is 1. The molecule has 3 atom stereocenters. The first-order valence-corrected chi connectivity index (χ1v) is 14.3. The van der Waals surface area contributed by atoms with E-state index in [9.17, 15) is 9.90 Å². The molecule has 0 unspecified atom stereocenters. The van der Waals surface area contributed by atoms with Crippen LogP contribution in [0.2, 0.25) is 0 Å². The minimum absolute atomic E-state index is 0.145. The summed E-state index contributed by atoms with van der Waals surface area (Å²) in [5.74, 6) is 1.24. The molecule has 1 aliphatic carbocycles. The molecule has 35 heavy (non-hydrogen) atoms. The average Bonchev–Trinajstić information content (AvgIpc) is 2.89. The Hall–Kier alpha value is -1.83. The second-order valence-electron chi connectivity index (χ2n) is 10.1. The predicted octanol–water partition coefficient (Wildman–Crippen LogP) is 5.37. The van der Waals surface area contributed by atoms with E-state index < -0.39 is 5.97 Å². The van der Waals surface area contributed by atoms with Crippen molar-refractivity contribution in [3.05, 3.63) is 36.0 Å². The van der Waals surface area contributed by atoms with Gasteiger partial charge in [0.15, 0.2) is 0 Å². The van der Waals surface area contributed by atoms with Crippen LogP contribution in [0.25, 0.3) is 10.9 Å². The topological polar surface area (TPSA) is 74.7 Å². The number of carboxylic acid groups (broad SMARTS) is 1. The van der Waals surface area contributed by atoms with E-state index in [-0.39, 0.29) is 17.9 Å². The molecule has 2 aromatic rings. The highest BCUT2D eigenvalue weighted by Crippen LogP contribution is 2.34.